The first-order valence-corrected chi connectivity index (χ1v) is 13.2. The predicted molar refractivity (Wildman–Crippen MR) is 139 cm³/mol. The van der Waals surface area contributed by atoms with Gasteiger partial charge in [-0.1, -0.05) is 37.3 Å². The molecule has 2 amide bonds. The molecule has 8 nitrogen and oxygen atoms in total. The third-order valence-electron chi connectivity index (χ3n) is 7.82. The summed E-state index contributed by atoms with van der Waals surface area (Å²) in [6.45, 7) is 4.73. The maximum atomic E-state index is 13.4. The molecule has 2 saturated heterocycles. The number of carbonyl (C=O) groups is 2. The summed E-state index contributed by atoms with van der Waals surface area (Å²) in [5, 5.41) is 0. The van der Waals surface area contributed by atoms with Crippen LogP contribution in [-0.2, 0) is 9.59 Å². The first-order valence-electron chi connectivity index (χ1n) is 13.2. The molecule has 2 aliphatic heterocycles. The molecule has 2 aliphatic rings. The summed E-state index contributed by atoms with van der Waals surface area (Å²) >= 11 is 0. The van der Waals surface area contributed by atoms with Crippen LogP contribution in [0.2, 0.25) is 0 Å². The van der Waals surface area contributed by atoms with E-state index in [0.29, 0.717) is 37.5 Å². The number of hydrogen-bond acceptors (Lipinski definition) is 4. The lowest BCUT2D eigenvalue weighted by Crippen LogP contribution is -2.43. The van der Waals surface area contributed by atoms with E-state index in [1.807, 2.05) is 28.0 Å². The van der Waals surface area contributed by atoms with Crippen LogP contribution in [0.15, 0.2) is 53.5 Å². The third-order valence-corrected chi connectivity index (χ3v) is 7.82. The van der Waals surface area contributed by atoms with Gasteiger partial charge in [0.05, 0.1) is 5.52 Å². The maximum absolute atomic E-state index is 13.4. The zero-order valence-electron chi connectivity index (χ0n) is 20.9. The van der Waals surface area contributed by atoms with Crippen LogP contribution >= 0.6 is 0 Å². The van der Waals surface area contributed by atoms with Gasteiger partial charge in [-0.3, -0.25) is 19.1 Å². The lowest BCUT2D eigenvalue weighted by molar-refractivity contribution is -0.141. The Labute approximate surface area is 211 Å². The van der Waals surface area contributed by atoms with Crippen LogP contribution < -0.4 is 5.69 Å². The van der Waals surface area contributed by atoms with Crippen molar-refractivity contribution in [3.63, 3.8) is 0 Å². The Morgan fingerprint density at radius 1 is 1.03 bits per heavy atom. The summed E-state index contributed by atoms with van der Waals surface area (Å²) in [6, 6.07) is 14.2. The minimum Gasteiger partial charge on any atom is -0.343 e. The summed E-state index contributed by atoms with van der Waals surface area (Å²) in [7, 11) is 0. The first-order chi connectivity index (χ1) is 17.5. The van der Waals surface area contributed by atoms with Crippen molar-refractivity contribution in [2.24, 2.45) is 5.92 Å². The number of nitrogens with zero attached hydrogens (tertiary/aromatic N) is 4. The number of rotatable bonds is 6. The molecule has 0 saturated carbocycles. The average molecular weight is 490 g/mol. The molecule has 2 atom stereocenters. The van der Waals surface area contributed by atoms with Gasteiger partial charge in [0.15, 0.2) is 5.65 Å². The molecule has 1 aromatic carbocycles. The number of hydrogen-bond donors (Lipinski definition) is 1. The highest BCUT2D eigenvalue weighted by Gasteiger charge is 2.34. The third kappa shape index (κ3) is 4.94. The number of pyridine rings is 1. The van der Waals surface area contributed by atoms with Crippen molar-refractivity contribution in [3.8, 4) is 0 Å². The van der Waals surface area contributed by atoms with E-state index in [1.54, 1.807) is 10.8 Å². The molecule has 36 heavy (non-hydrogen) atoms. The number of imidazole rings is 1. The highest BCUT2D eigenvalue weighted by molar-refractivity contribution is 5.86. The summed E-state index contributed by atoms with van der Waals surface area (Å²) in [5.74, 6) is 0.213. The number of nitrogens with one attached hydrogen (secondary N) is 1. The summed E-state index contributed by atoms with van der Waals surface area (Å²) in [4.78, 5) is 50.2. The van der Waals surface area contributed by atoms with Crippen molar-refractivity contribution in [2.75, 3.05) is 26.2 Å². The molecule has 0 radical (unpaired) electrons. The molecule has 3 aromatic rings. The monoisotopic (exact) mass is 489 g/mol. The van der Waals surface area contributed by atoms with Gasteiger partial charge in [-0.15, -0.1) is 0 Å². The van der Waals surface area contributed by atoms with Gasteiger partial charge >= 0.3 is 5.69 Å². The number of likely N-dealkylation sites (tertiary alicyclic amines) is 2. The number of carbonyl (C=O) groups excluding carboxylic acids is 2. The standard InChI is InChI=1S/C28H35N5O3/c1-2-15-32-19-22(20-7-4-3-5-8-20)11-10-21(27(32)35)18-25(34)31-16-12-23(13-17-31)33-24-9-6-14-29-26(24)30-28(33)36/h3-9,14,21-23H,2,10-13,15-19H2,1H3,(H,29,30,36)/t21-,22+/m0/s1. The fraction of sp³-hybridized carbons (Fsp3) is 0.500. The molecule has 5 rings (SSSR count). The largest absolute Gasteiger partial charge is 0.343 e. The Kier molecular flexibility index (Phi) is 7.20. The van der Waals surface area contributed by atoms with E-state index in [4.69, 9.17) is 0 Å². The summed E-state index contributed by atoms with van der Waals surface area (Å²) < 4.78 is 1.78. The number of H-pyrrole nitrogens is 1. The van der Waals surface area contributed by atoms with Crippen molar-refractivity contribution in [2.45, 2.75) is 57.4 Å². The molecular formula is C28H35N5O3. The lowest BCUT2D eigenvalue weighted by Gasteiger charge is -2.33. The molecule has 8 heteroatoms. The van der Waals surface area contributed by atoms with E-state index in [-0.39, 0.29) is 35.9 Å². The van der Waals surface area contributed by atoms with Crippen molar-refractivity contribution in [1.29, 1.82) is 0 Å². The second-order valence-electron chi connectivity index (χ2n) is 10.2. The zero-order chi connectivity index (χ0) is 25.1. The highest BCUT2D eigenvalue weighted by atomic mass is 16.2. The topological polar surface area (TPSA) is 91.3 Å². The second kappa shape index (κ2) is 10.7. The number of piperidine rings is 1. The van der Waals surface area contributed by atoms with Gasteiger partial charge in [-0.05, 0) is 49.8 Å². The smallest absolute Gasteiger partial charge is 0.327 e. The van der Waals surface area contributed by atoms with Crippen LogP contribution in [0.25, 0.3) is 11.2 Å². The second-order valence-corrected chi connectivity index (χ2v) is 10.2. The van der Waals surface area contributed by atoms with E-state index in [0.717, 1.165) is 37.9 Å². The van der Waals surface area contributed by atoms with Gasteiger partial charge in [-0.2, -0.15) is 0 Å². The van der Waals surface area contributed by atoms with Crippen LogP contribution in [0.1, 0.15) is 63.0 Å². The van der Waals surface area contributed by atoms with Gasteiger partial charge in [0.25, 0.3) is 0 Å². The first kappa shape index (κ1) is 24.3. The molecule has 0 unspecified atom stereocenters. The van der Waals surface area contributed by atoms with E-state index >= 15 is 0 Å². The number of fused-ring (bicyclic) bond motifs is 1. The average Bonchev–Trinajstić information content (AvgIpc) is 3.17. The predicted octanol–water partition coefficient (Wildman–Crippen LogP) is 3.71. The quantitative estimate of drug-likeness (QED) is 0.571. The van der Waals surface area contributed by atoms with Crippen molar-refractivity contribution < 1.29 is 9.59 Å². The highest BCUT2D eigenvalue weighted by Crippen LogP contribution is 2.32. The van der Waals surface area contributed by atoms with Crippen LogP contribution in [0, 0.1) is 5.92 Å². The van der Waals surface area contributed by atoms with Gasteiger partial charge in [0, 0.05) is 56.7 Å². The van der Waals surface area contributed by atoms with Crippen molar-refractivity contribution in [3.05, 3.63) is 64.7 Å². The van der Waals surface area contributed by atoms with E-state index in [9.17, 15) is 14.4 Å². The SMILES string of the molecule is CCCN1C[C@H](c2ccccc2)CC[C@@H](CC(=O)N2CCC(n3c(=O)[nH]c4ncccc43)CC2)C1=O. The normalized spacial score (nSPS) is 21.6. The van der Waals surface area contributed by atoms with Gasteiger partial charge < -0.3 is 9.80 Å². The molecule has 2 aromatic heterocycles. The van der Waals surface area contributed by atoms with E-state index in [1.165, 1.54) is 5.56 Å². The molecule has 4 heterocycles. The number of aromatic amines is 1. The summed E-state index contributed by atoms with van der Waals surface area (Å²) in [6.07, 6.45) is 5.91. The van der Waals surface area contributed by atoms with E-state index in [2.05, 4.69) is 41.2 Å². The fourth-order valence-electron chi connectivity index (χ4n) is 5.92. The number of amides is 2. The zero-order valence-corrected chi connectivity index (χ0v) is 20.9. The van der Waals surface area contributed by atoms with Gasteiger partial charge in [-0.25, -0.2) is 9.78 Å². The van der Waals surface area contributed by atoms with E-state index < -0.39 is 0 Å². The van der Waals surface area contributed by atoms with Crippen LogP contribution in [0.4, 0.5) is 0 Å². The molecule has 0 spiro atoms. The maximum Gasteiger partial charge on any atom is 0.327 e. The molecular weight excluding hydrogens is 454 g/mol. The van der Waals surface area contributed by atoms with Crippen LogP contribution in [0.3, 0.4) is 0 Å². The molecule has 190 valence electrons. The Morgan fingerprint density at radius 3 is 2.56 bits per heavy atom. The van der Waals surface area contributed by atoms with Crippen molar-refractivity contribution >= 4 is 23.0 Å². The molecule has 0 aliphatic carbocycles. The Balaban J connectivity index is 1.23. The Morgan fingerprint density at radius 2 is 1.81 bits per heavy atom. The number of benzene rings is 1. The van der Waals surface area contributed by atoms with Crippen LogP contribution in [0.5, 0.6) is 0 Å². The minimum atomic E-state index is -0.266. The number of aromatic nitrogens is 3. The Bertz CT molecular complexity index is 1260. The summed E-state index contributed by atoms with van der Waals surface area (Å²) in [5.41, 5.74) is 2.52. The van der Waals surface area contributed by atoms with Crippen molar-refractivity contribution in [1.82, 2.24) is 24.3 Å². The molecule has 0 bridgehead atoms. The lowest BCUT2D eigenvalue weighted by atomic mass is 9.90. The molecule has 2 fully saturated rings. The minimum absolute atomic E-state index is 0.0330. The van der Waals surface area contributed by atoms with Gasteiger partial charge in [0.2, 0.25) is 11.8 Å². The van der Waals surface area contributed by atoms with Gasteiger partial charge in [0.1, 0.15) is 0 Å². The fourth-order valence-corrected chi connectivity index (χ4v) is 5.92. The van der Waals surface area contributed by atoms with Crippen LogP contribution in [-0.4, -0.2) is 62.3 Å². The Hall–Kier alpha value is -3.42. The molecule has 1 N–H and O–H groups in total.